The number of benzene rings is 2. The number of aryl methyl sites for hydroxylation is 1. The van der Waals surface area contributed by atoms with Crippen molar-refractivity contribution in [1.29, 1.82) is 0 Å². The SMILES string of the molecule is C=CC(=O)Nc1ccc(CCC(=O)Nc2ccc3c(c2)C(O)CC3(C)C)cc1. The Labute approximate surface area is 165 Å². The fourth-order valence-corrected chi connectivity index (χ4v) is 3.67. The van der Waals surface area contributed by atoms with E-state index in [1.807, 2.05) is 30.3 Å². The summed E-state index contributed by atoms with van der Waals surface area (Å²) in [5.41, 5.74) is 4.41. The van der Waals surface area contributed by atoms with Crippen LogP contribution in [0.4, 0.5) is 11.4 Å². The minimum absolute atomic E-state index is 0.0470. The summed E-state index contributed by atoms with van der Waals surface area (Å²) in [5, 5.41) is 15.9. The molecule has 1 atom stereocenters. The van der Waals surface area contributed by atoms with Crippen LogP contribution in [0.2, 0.25) is 0 Å². The summed E-state index contributed by atoms with van der Waals surface area (Å²) >= 11 is 0. The van der Waals surface area contributed by atoms with Crippen LogP contribution in [0.1, 0.15) is 49.5 Å². The Morgan fingerprint density at radius 3 is 2.50 bits per heavy atom. The van der Waals surface area contributed by atoms with Crippen LogP contribution in [-0.4, -0.2) is 16.9 Å². The van der Waals surface area contributed by atoms with Crippen LogP contribution in [0.25, 0.3) is 0 Å². The molecule has 2 amide bonds. The van der Waals surface area contributed by atoms with Crippen molar-refractivity contribution in [3.63, 3.8) is 0 Å². The molecule has 3 N–H and O–H groups in total. The molecular weight excluding hydrogens is 352 g/mol. The molecule has 1 unspecified atom stereocenters. The summed E-state index contributed by atoms with van der Waals surface area (Å²) in [6, 6.07) is 13.2. The van der Waals surface area contributed by atoms with E-state index in [4.69, 9.17) is 0 Å². The number of hydrogen-bond donors (Lipinski definition) is 3. The van der Waals surface area contributed by atoms with Gasteiger partial charge in [0.25, 0.3) is 0 Å². The lowest BCUT2D eigenvalue weighted by Gasteiger charge is -2.18. The summed E-state index contributed by atoms with van der Waals surface area (Å²) < 4.78 is 0. The molecule has 2 aromatic carbocycles. The molecule has 0 saturated carbocycles. The molecule has 2 aromatic rings. The van der Waals surface area contributed by atoms with Gasteiger partial charge in [-0.25, -0.2) is 0 Å². The number of aliphatic hydroxyl groups is 1. The third kappa shape index (κ3) is 4.49. The molecule has 0 aromatic heterocycles. The predicted octanol–water partition coefficient (Wildman–Crippen LogP) is 4.10. The van der Waals surface area contributed by atoms with Crippen molar-refractivity contribution < 1.29 is 14.7 Å². The highest BCUT2D eigenvalue weighted by atomic mass is 16.3. The maximum Gasteiger partial charge on any atom is 0.247 e. The van der Waals surface area contributed by atoms with Crippen LogP contribution in [0.3, 0.4) is 0 Å². The largest absolute Gasteiger partial charge is 0.388 e. The predicted molar refractivity (Wildman–Crippen MR) is 111 cm³/mol. The Hall–Kier alpha value is -2.92. The number of aliphatic hydroxyl groups excluding tert-OH is 1. The number of carbonyl (C=O) groups is 2. The van der Waals surface area contributed by atoms with Crippen LogP contribution in [0.5, 0.6) is 0 Å². The Morgan fingerprint density at radius 1 is 1.14 bits per heavy atom. The van der Waals surface area contributed by atoms with E-state index < -0.39 is 6.10 Å². The summed E-state index contributed by atoms with van der Waals surface area (Å²) in [6.07, 6.45) is 2.38. The van der Waals surface area contributed by atoms with E-state index in [1.54, 1.807) is 12.1 Å². The number of amides is 2. The highest BCUT2D eigenvalue weighted by Crippen LogP contribution is 2.45. The van der Waals surface area contributed by atoms with E-state index in [0.717, 1.165) is 16.7 Å². The zero-order valence-electron chi connectivity index (χ0n) is 16.3. The van der Waals surface area contributed by atoms with Gasteiger partial charge in [0.15, 0.2) is 0 Å². The third-order valence-electron chi connectivity index (χ3n) is 5.17. The van der Waals surface area contributed by atoms with Crippen molar-refractivity contribution >= 4 is 23.2 Å². The van der Waals surface area contributed by atoms with Gasteiger partial charge in [-0.05, 0) is 65.3 Å². The van der Waals surface area contributed by atoms with Gasteiger partial charge in [0.05, 0.1) is 6.10 Å². The minimum atomic E-state index is -0.484. The molecule has 0 spiro atoms. The molecule has 0 radical (unpaired) electrons. The van der Waals surface area contributed by atoms with Crippen molar-refractivity contribution in [3.05, 3.63) is 71.8 Å². The van der Waals surface area contributed by atoms with Gasteiger partial charge >= 0.3 is 0 Å². The Morgan fingerprint density at radius 2 is 1.82 bits per heavy atom. The van der Waals surface area contributed by atoms with Gasteiger partial charge in [-0.3, -0.25) is 9.59 Å². The first-order valence-electron chi connectivity index (χ1n) is 9.43. The summed E-state index contributed by atoms with van der Waals surface area (Å²) in [6.45, 7) is 7.66. The van der Waals surface area contributed by atoms with Gasteiger partial charge in [-0.1, -0.05) is 38.6 Å². The number of hydrogen-bond acceptors (Lipinski definition) is 3. The highest BCUT2D eigenvalue weighted by molar-refractivity contribution is 5.98. The smallest absolute Gasteiger partial charge is 0.247 e. The number of anilines is 2. The fourth-order valence-electron chi connectivity index (χ4n) is 3.67. The van der Waals surface area contributed by atoms with Crippen LogP contribution in [0, 0.1) is 0 Å². The molecule has 0 bridgehead atoms. The number of rotatable bonds is 6. The van der Waals surface area contributed by atoms with Crippen LogP contribution >= 0.6 is 0 Å². The maximum atomic E-state index is 12.3. The van der Waals surface area contributed by atoms with Gasteiger partial charge in [0, 0.05) is 17.8 Å². The van der Waals surface area contributed by atoms with E-state index in [0.29, 0.717) is 30.6 Å². The monoisotopic (exact) mass is 378 g/mol. The lowest BCUT2D eigenvalue weighted by Crippen LogP contribution is -2.14. The van der Waals surface area contributed by atoms with Crippen LogP contribution in [-0.2, 0) is 21.4 Å². The topological polar surface area (TPSA) is 78.4 Å². The number of fused-ring (bicyclic) bond motifs is 1. The van der Waals surface area contributed by atoms with Gasteiger partial charge < -0.3 is 15.7 Å². The first-order chi connectivity index (χ1) is 13.3. The Balaban J connectivity index is 1.56. The van der Waals surface area contributed by atoms with Crippen molar-refractivity contribution in [2.24, 2.45) is 0 Å². The normalized spacial score (nSPS) is 16.9. The minimum Gasteiger partial charge on any atom is -0.388 e. The fraction of sp³-hybridized carbons (Fsp3) is 0.304. The van der Waals surface area contributed by atoms with Crippen molar-refractivity contribution in [2.75, 3.05) is 10.6 Å². The zero-order valence-corrected chi connectivity index (χ0v) is 16.3. The molecule has 0 aliphatic heterocycles. The Bertz CT molecular complexity index is 901. The van der Waals surface area contributed by atoms with Crippen LogP contribution < -0.4 is 10.6 Å². The molecule has 5 heteroatoms. The Kier molecular flexibility index (Phi) is 5.66. The third-order valence-corrected chi connectivity index (χ3v) is 5.17. The molecule has 5 nitrogen and oxygen atoms in total. The molecule has 0 saturated heterocycles. The molecule has 0 fully saturated rings. The molecule has 1 aliphatic carbocycles. The second-order valence-corrected chi connectivity index (χ2v) is 7.84. The molecule has 28 heavy (non-hydrogen) atoms. The second-order valence-electron chi connectivity index (χ2n) is 7.84. The van der Waals surface area contributed by atoms with Crippen molar-refractivity contribution in [2.45, 2.75) is 44.6 Å². The summed E-state index contributed by atoms with van der Waals surface area (Å²) in [4.78, 5) is 23.6. The maximum absolute atomic E-state index is 12.3. The van der Waals surface area contributed by atoms with Crippen LogP contribution in [0.15, 0.2) is 55.1 Å². The van der Waals surface area contributed by atoms with Gasteiger partial charge in [0.2, 0.25) is 11.8 Å². The van der Waals surface area contributed by atoms with Crippen molar-refractivity contribution in [3.8, 4) is 0 Å². The van der Waals surface area contributed by atoms with Crippen molar-refractivity contribution in [1.82, 2.24) is 0 Å². The molecule has 146 valence electrons. The van der Waals surface area contributed by atoms with Gasteiger partial charge in [-0.2, -0.15) is 0 Å². The first kappa shape index (κ1) is 19.8. The van der Waals surface area contributed by atoms with E-state index in [1.165, 1.54) is 6.08 Å². The van der Waals surface area contributed by atoms with E-state index in [2.05, 4.69) is 31.1 Å². The standard InChI is InChI=1S/C23H26N2O3/c1-4-21(27)24-16-8-5-15(6-9-16)7-12-22(28)25-17-10-11-19-18(13-17)20(26)14-23(19,2)3/h4-6,8-11,13,20,26H,1,7,12,14H2,2-3H3,(H,24,27)(H,25,28). The van der Waals surface area contributed by atoms with E-state index >= 15 is 0 Å². The molecule has 1 aliphatic rings. The second kappa shape index (κ2) is 7.98. The summed E-state index contributed by atoms with van der Waals surface area (Å²) in [7, 11) is 0. The average molecular weight is 378 g/mol. The number of nitrogens with one attached hydrogen (secondary N) is 2. The van der Waals surface area contributed by atoms with Gasteiger partial charge in [0.1, 0.15) is 0 Å². The van der Waals surface area contributed by atoms with E-state index in [9.17, 15) is 14.7 Å². The average Bonchev–Trinajstić information content (AvgIpc) is 2.89. The number of carbonyl (C=O) groups excluding carboxylic acids is 2. The zero-order chi connectivity index (χ0) is 20.3. The highest BCUT2D eigenvalue weighted by Gasteiger charge is 2.35. The summed E-state index contributed by atoms with van der Waals surface area (Å²) in [5.74, 6) is -0.328. The molecular formula is C23H26N2O3. The quantitative estimate of drug-likeness (QED) is 0.662. The lowest BCUT2D eigenvalue weighted by atomic mass is 9.86. The molecule has 3 rings (SSSR count). The lowest BCUT2D eigenvalue weighted by molar-refractivity contribution is -0.116. The molecule has 0 heterocycles. The first-order valence-corrected chi connectivity index (χ1v) is 9.43. The van der Waals surface area contributed by atoms with E-state index in [-0.39, 0.29) is 17.2 Å². The van der Waals surface area contributed by atoms with Gasteiger partial charge in [-0.15, -0.1) is 0 Å².